The third-order valence-electron chi connectivity index (χ3n) is 4.77. The molecule has 1 N–H and O–H groups in total. The molecule has 25 heavy (non-hydrogen) atoms. The first kappa shape index (κ1) is 17.9. The lowest BCUT2D eigenvalue weighted by atomic mass is 9.88. The Labute approximate surface area is 157 Å². The minimum atomic E-state index is 0.00597. The van der Waals surface area contributed by atoms with Crippen LogP contribution < -0.4 is 5.32 Å². The number of amides is 1. The van der Waals surface area contributed by atoms with E-state index in [0.717, 1.165) is 35.7 Å². The van der Waals surface area contributed by atoms with Crippen LogP contribution in [0.25, 0.3) is 0 Å². The van der Waals surface area contributed by atoms with E-state index in [1.807, 2.05) is 42.5 Å². The number of anilines is 1. The van der Waals surface area contributed by atoms with Gasteiger partial charge in [0.25, 0.3) is 0 Å². The van der Waals surface area contributed by atoms with Gasteiger partial charge in [-0.25, -0.2) is 0 Å². The zero-order valence-corrected chi connectivity index (χ0v) is 15.7. The van der Waals surface area contributed by atoms with Crippen LogP contribution in [0.4, 0.5) is 5.69 Å². The molecule has 3 rings (SSSR count). The molecule has 1 aliphatic rings. The quantitative estimate of drug-likeness (QED) is 0.684. The lowest BCUT2D eigenvalue weighted by Gasteiger charge is -2.21. The number of rotatable bonds is 5. The van der Waals surface area contributed by atoms with Gasteiger partial charge in [-0.2, -0.15) is 0 Å². The lowest BCUT2D eigenvalue weighted by Crippen LogP contribution is -2.25. The summed E-state index contributed by atoms with van der Waals surface area (Å²) in [6.45, 7) is 0. The molecule has 1 fully saturated rings. The highest BCUT2D eigenvalue weighted by Gasteiger charge is 2.22. The van der Waals surface area contributed by atoms with Crippen LogP contribution >= 0.6 is 15.9 Å². The summed E-state index contributed by atoms with van der Waals surface area (Å²) in [5.41, 5.74) is 2.14. The second-order valence-corrected chi connectivity index (χ2v) is 7.42. The summed E-state index contributed by atoms with van der Waals surface area (Å²) in [5.74, 6) is 0.118. The third kappa shape index (κ3) is 4.57. The summed E-state index contributed by atoms with van der Waals surface area (Å²) in [6, 6.07) is 15.0. The smallest absolute Gasteiger partial charge is 0.227 e. The fourth-order valence-electron chi connectivity index (χ4n) is 3.34. The van der Waals surface area contributed by atoms with Gasteiger partial charge in [-0.1, -0.05) is 65.5 Å². The molecule has 0 spiro atoms. The number of para-hydroxylation sites is 1. The predicted octanol–water partition coefficient (Wildman–Crippen LogP) is 5.39. The summed E-state index contributed by atoms with van der Waals surface area (Å²) < 4.78 is 0.923. The summed E-state index contributed by atoms with van der Waals surface area (Å²) in [6.07, 6.45) is 5.63. The molecule has 2 aromatic rings. The number of ketones is 1. The van der Waals surface area contributed by atoms with E-state index in [2.05, 4.69) is 21.2 Å². The molecule has 0 bridgehead atoms. The third-order valence-corrected chi connectivity index (χ3v) is 5.54. The molecular weight excluding hydrogens is 378 g/mol. The zero-order valence-electron chi connectivity index (χ0n) is 14.1. The second kappa shape index (κ2) is 8.43. The number of Topliss-reactive ketones (excluding diaryl/α,β-unsaturated/α-hetero) is 1. The molecule has 0 aromatic heterocycles. The van der Waals surface area contributed by atoms with E-state index in [1.54, 1.807) is 6.07 Å². The van der Waals surface area contributed by atoms with E-state index in [0.29, 0.717) is 17.7 Å². The molecule has 2 aromatic carbocycles. The Hall–Kier alpha value is -1.94. The first-order valence-corrected chi connectivity index (χ1v) is 9.61. The highest BCUT2D eigenvalue weighted by atomic mass is 79.9. The second-order valence-electron chi connectivity index (χ2n) is 6.56. The summed E-state index contributed by atoms with van der Waals surface area (Å²) >= 11 is 3.49. The number of hydrogen-bond donors (Lipinski definition) is 1. The van der Waals surface area contributed by atoms with Crippen LogP contribution in [0.15, 0.2) is 53.0 Å². The Morgan fingerprint density at radius 1 is 0.960 bits per heavy atom. The lowest BCUT2D eigenvalue weighted by molar-refractivity contribution is -0.120. The van der Waals surface area contributed by atoms with Crippen molar-refractivity contribution in [3.8, 4) is 0 Å². The van der Waals surface area contributed by atoms with Gasteiger partial charge in [-0.05, 0) is 36.6 Å². The molecular formula is C21H22BrNO2. The molecule has 0 saturated heterocycles. The van der Waals surface area contributed by atoms with E-state index >= 15 is 0 Å². The molecule has 0 unspecified atom stereocenters. The van der Waals surface area contributed by atoms with Gasteiger partial charge in [0.1, 0.15) is 0 Å². The minimum Gasteiger partial charge on any atom is -0.325 e. The fourth-order valence-corrected chi connectivity index (χ4v) is 3.77. The number of carbonyl (C=O) groups is 2. The topological polar surface area (TPSA) is 46.2 Å². The Morgan fingerprint density at radius 3 is 2.40 bits per heavy atom. The number of nitrogens with one attached hydrogen (secondary N) is 1. The van der Waals surface area contributed by atoms with Crippen molar-refractivity contribution in [3.05, 3.63) is 64.1 Å². The number of hydrogen-bond acceptors (Lipinski definition) is 2. The van der Waals surface area contributed by atoms with Crippen molar-refractivity contribution < 1.29 is 9.59 Å². The largest absolute Gasteiger partial charge is 0.325 e. The summed E-state index contributed by atoms with van der Waals surface area (Å²) in [7, 11) is 0. The Kier molecular flexibility index (Phi) is 6.03. The van der Waals surface area contributed by atoms with E-state index in [1.165, 1.54) is 6.42 Å². The molecule has 4 heteroatoms. The Balaban J connectivity index is 1.75. The van der Waals surface area contributed by atoms with Gasteiger partial charge in [0.2, 0.25) is 5.91 Å². The van der Waals surface area contributed by atoms with Crippen molar-refractivity contribution >= 4 is 33.3 Å². The van der Waals surface area contributed by atoms with Crippen LogP contribution in [0.2, 0.25) is 0 Å². The SMILES string of the molecule is O=C(Cc1ccccc1Br)c1ccccc1NC(=O)C1CCCCC1. The first-order valence-electron chi connectivity index (χ1n) is 8.81. The number of carbonyl (C=O) groups excluding carboxylic acids is 2. The molecule has 1 amide bonds. The van der Waals surface area contributed by atoms with Crippen LogP contribution in [-0.4, -0.2) is 11.7 Å². The standard InChI is InChI=1S/C21H22BrNO2/c22-18-12-6-4-10-16(18)14-20(24)17-11-5-7-13-19(17)23-21(25)15-8-2-1-3-9-15/h4-7,10-13,15H,1-3,8-9,14H2,(H,23,25). The minimum absolute atomic E-state index is 0.00597. The molecule has 1 aliphatic carbocycles. The van der Waals surface area contributed by atoms with E-state index in [9.17, 15) is 9.59 Å². The fraction of sp³-hybridized carbons (Fsp3) is 0.333. The molecule has 3 nitrogen and oxygen atoms in total. The van der Waals surface area contributed by atoms with Crippen LogP contribution in [0, 0.1) is 5.92 Å². The van der Waals surface area contributed by atoms with Crippen molar-refractivity contribution in [2.75, 3.05) is 5.32 Å². The predicted molar refractivity (Wildman–Crippen MR) is 104 cm³/mol. The average Bonchev–Trinajstić information content (AvgIpc) is 2.64. The van der Waals surface area contributed by atoms with Gasteiger partial charge in [0.05, 0.1) is 5.69 Å². The maximum Gasteiger partial charge on any atom is 0.227 e. The highest BCUT2D eigenvalue weighted by Crippen LogP contribution is 2.26. The van der Waals surface area contributed by atoms with Crippen molar-refractivity contribution in [3.63, 3.8) is 0 Å². The molecule has 130 valence electrons. The average molecular weight is 400 g/mol. The maximum atomic E-state index is 12.8. The highest BCUT2D eigenvalue weighted by molar-refractivity contribution is 9.10. The zero-order chi connectivity index (χ0) is 17.6. The molecule has 1 saturated carbocycles. The van der Waals surface area contributed by atoms with Gasteiger partial charge >= 0.3 is 0 Å². The van der Waals surface area contributed by atoms with E-state index in [4.69, 9.17) is 0 Å². The van der Waals surface area contributed by atoms with Crippen molar-refractivity contribution in [1.29, 1.82) is 0 Å². The van der Waals surface area contributed by atoms with Crippen molar-refractivity contribution in [1.82, 2.24) is 0 Å². The first-order chi connectivity index (χ1) is 12.1. The van der Waals surface area contributed by atoms with Crippen LogP contribution in [-0.2, 0) is 11.2 Å². The van der Waals surface area contributed by atoms with E-state index < -0.39 is 0 Å². The van der Waals surface area contributed by atoms with Gasteiger partial charge in [-0.3, -0.25) is 9.59 Å². The van der Waals surface area contributed by atoms with Crippen LogP contribution in [0.3, 0.4) is 0 Å². The van der Waals surface area contributed by atoms with Crippen LogP contribution in [0.5, 0.6) is 0 Å². The van der Waals surface area contributed by atoms with Crippen LogP contribution in [0.1, 0.15) is 48.0 Å². The van der Waals surface area contributed by atoms with E-state index in [-0.39, 0.29) is 17.6 Å². The maximum absolute atomic E-state index is 12.8. The summed E-state index contributed by atoms with van der Waals surface area (Å²) in [5, 5.41) is 2.99. The summed E-state index contributed by atoms with van der Waals surface area (Å²) in [4.78, 5) is 25.3. The monoisotopic (exact) mass is 399 g/mol. The number of halogens is 1. The Bertz CT molecular complexity index is 766. The van der Waals surface area contributed by atoms with Crippen molar-refractivity contribution in [2.24, 2.45) is 5.92 Å². The van der Waals surface area contributed by atoms with Gasteiger partial charge in [0.15, 0.2) is 5.78 Å². The van der Waals surface area contributed by atoms with Gasteiger partial charge in [-0.15, -0.1) is 0 Å². The van der Waals surface area contributed by atoms with Gasteiger partial charge < -0.3 is 5.32 Å². The van der Waals surface area contributed by atoms with Crippen molar-refractivity contribution in [2.45, 2.75) is 38.5 Å². The molecule has 0 heterocycles. The van der Waals surface area contributed by atoms with Gasteiger partial charge in [0, 0.05) is 22.4 Å². The molecule has 0 aliphatic heterocycles. The Morgan fingerprint density at radius 2 is 1.64 bits per heavy atom. The molecule has 0 radical (unpaired) electrons. The molecule has 0 atom stereocenters. The normalized spacial score (nSPS) is 14.9. The number of benzene rings is 2.